The fourth-order valence-corrected chi connectivity index (χ4v) is 3.83. The monoisotopic (exact) mass is 488 g/mol. The summed E-state index contributed by atoms with van der Waals surface area (Å²) in [5.41, 5.74) is 2.98. The zero-order valence-corrected chi connectivity index (χ0v) is 19.8. The first-order valence-corrected chi connectivity index (χ1v) is 11.3. The molecule has 0 saturated carbocycles. The number of nitrogens with zero attached hydrogens (tertiary/aromatic N) is 2. The highest BCUT2D eigenvalue weighted by molar-refractivity contribution is 6.01. The van der Waals surface area contributed by atoms with Crippen molar-refractivity contribution < 1.29 is 28.8 Å². The molecule has 0 unspecified atom stereocenters. The molecule has 1 aliphatic heterocycles. The van der Waals surface area contributed by atoms with E-state index in [1.54, 1.807) is 24.3 Å². The van der Waals surface area contributed by atoms with Crippen LogP contribution in [0.3, 0.4) is 0 Å². The van der Waals surface area contributed by atoms with Crippen LogP contribution in [0.15, 0.2) is 66.7 Å². The molecule has 1 amide bonds. The molecule has 3 aromatic rings. The number of aryl methyl sites for hydroxylation is 2. The number of rotatable bonds is 8. The number of non-ortho nitro benzene ring substituents is 1. The third-order valence-corrected chi connectivity index (χ3v) is 6.07. The van der Waals surface area contributed by atoms with Crippen LogP contribution in [-0.2, 0) is 14.3 Å². The number of nitro groups is 1. The molecule has 0 aromatic heterocycles. The van der Waals surface area contributed by atoms with Gasteiger partial charge in [-0.15, -0.1) is 0 Å². The Kier molecular flexibility index (Phi) is 7.10. The SMILES string of the molecule is Cc1ccc(Oc2ccc(N3C[C@H](C(=O)OCC(=O)c4ccc([N+](=O)[O-])cc4)CC3=O)cc2)cc1C. The van der Waals surface area contributed by atoms with Crippen molar-refractivity contribution >= 4 is 29.0 Å². The van der Waals surface area contributed by atoms with E-state index in [4.69, 9.17) is 9.47 Å². The molecule has 0 spiro atoms. The lowest BCUT2D eigenvalue weighted by molar-refractivity contribution is -0.384. The first kappa shape index (κ1) is 24.6. The summed E-state index contributed by atoms with van der Waals surface area (Å²) in [6.45, 7) is 3.67. The van der Waals surface area contributed by atoms with Gasteiger partial charge in [0.15, 0.2) is 12.4 Å². The van der Waals surface area contributed by atoms with Crippen LogP contribution >= 0.6 is 0 Å². The minimum atomic E-state index is -0.700. The summed E-state index contributed by atoms with van der Waals surface area (Å²) in [6.07, 6.45) is -0.0224. The number of hydrogen-bond donors (Lipinski definition) is 0. The van der Waals surface area contributed by atoms with Gasteiger partial charge in [0.05, 0.1) is 10.8 Å². The van der Waals surface area contributed by atoms with Crippen molar-refractivity contribution in [3.8, 4) is 11.5 Å². The Balaban J connectivity index is 1.32. The van der Waals surface area contributed by atoms with Crippen LogP contribution in [-0.4, -0.2) is 35.7 Å². The average molecular weight is 488 g/mol. The summed E-state index contributed by atoms with van der Waals surface area (Å²) in [5.74, 6) is -0.715. The number of nitro benzene ring substituents is 1. The molecule has 0 aliphatic carbocycles. The maximum atomic E-state index is 12.5. The van der Waals surface area contributed by atoms with E-state index >= 15 is 0 Å². The van der Waals surface area contributed by atoms with Gasteiger partial charge < -0.3 is 14.4 Å². The number of hydrogen-bond acceptors (Lipinski definition) is 7. The van der Waals surface area contributed by atoms with Gasteiger partial charge in [0.2, 0.25) is 5.91 Å². The molecule has 184 valence electrons. The number of amides is 1. The summed E-state index contributed by atoms with van der Waals surface area (Å²) in [7, 11) is 0. The van der Waals surface area contributed by atoms with Crippen LogP contribution in [0.1, 0.15) is 27.9 Å². The fraction of sp³-hybridized carbons (Fsp3) is 0.222. The van der Waals surface area contributed by atoms with Crippen molar-refractivity contribution in [1.82, 2.24) is 0 Å². The molecule has 1 saturated heterocycles. The molecular weight excluding hydrogens is 464 g/mol. The lowest BCUT2D eigenvalue weighted by atomic mass is 10.1. The number of carbonyl (C=O) groups excluding carboxylic acids is 3. The van der Waals surface area contributed by atoms with Gasteiger partial charge in [0.1, 0.15) is 11.5 Å². The summed E-state index contributed by atoms with van der Waals surface area (Å²) in [5, 5.41) is 10.7. The molecule has 1 aliphatic rings. The molecule has 0 radical (unpaired) electrons. The number of ether oxygens (including phenoxy) is 2. The molecule has 1 atom stereocenters. The molecule has 9 heteroatoms. The van der Waals surface area contributed by atoms with Gasteiger partial charge in [-0.2, -0.15) is 0 Å². The van der Waals surface area contributed by atoms with E-state index in [0.29, 0.717) is 17.2 Å². The zero-order valence-electron chi connectivity index (χ0n) is 19.8. The maximum absolute atomic E-state index is 12.5. The van der Waals surface area contributed by atoms with Crippen LogP contribution in [0.5, 0.6) is 11.5 Å². The normalized spacial score (nSPS) is 15.0. The highest BCUT2D eigenvalue weighted by Gasteiger charge is 2.36. The van der Waals surface area contributed by atoms with Gasteiger partial charge in [-0.3, -0.25) is 24.5 Å². The van der Waals surface area contributed by atoms with Crippen molar-refractivity contribution in [1.29, 1.82) is 0 Å². The van der Waals surface area contributed by atoms with Crippen molar-refractivity contribution in [2.75, 3.05) is 18.1 Å². The van der Waals surface area contributed by atoms with E-state index in [9.17, 15) is 24.5 Å². The van der Waals surface area contributed by atoms with Gasteiger partial charge in [0, 0.05) is 36.3 Å². The van der Waals surface area contributed by atoms with Crippen molar-refractivity contribution in [3.05, 3.63) is 93.5 Å². The molecular formula is C27H24N2O7. The van der Waals surface area contributed by atoms with Crippen molar-refractivity contribution in [2.24, 2.45) is 5.92 Å². The lowest BCUT2D eigenvalue weighted by Crippen LogP contribution is -2.27. The number of benzene rings is 3. The van der Waals surface area contributed by atoms with E-state index < -0.39 is 29.2 Å². The van der Waals surface area contributed by atoms with E-state index in [1.165, 1.54) is 34.7 Å². The van der Waals surface area contributed by atoms with Crippen LogP contribution in [0, 0.1) is 29.9 Å². The third-order valence-electron chi connectivity index (χ3n) is 6.07. The molecule has 3 aromatic carbocycles. The third kappa shape index (κ3) is 5.57. The van der Waals surface area contributed by atoms with E-state index in [1.807, 2.05) is 32.0 Å². The molecule has 1 heterocycles. The van der Waals surface area contributed by atoms with Crippen molar-refractivity contribution in [2.45, 2.75) is 20.3 Å². The number of ketones is 1. The number of esters is 1. The maximum Gasteiger partial charge on any atom is 0.311 e. The van der Waals surface area contributed by atoms with E-state index in [0.717, 1.165) is 5.56 Å². The van der Waals surface area contributed by atoms with Crippen molar-refractivity contribution in [3.63, 3.8) is 0 Å². The molecule has 9 nitrogen and oxygen atoms in total. The Bertz CT molecular complexity index is 1320. The van der Waals surface area contributed by atoms with E-state index in [-0.39, 0.29) is 30.1 Å². The Labute approximate surface area is 207 Å². The Morgan fingerprint density at radius 3 is 2.28 bits per heavy atom. The van der Waals surface area contributed by atoms with Crippen LogP contribution in [0.25, 0.3) is 0 Å². The second-order valence-electron chi connectivity index (χ2n) is 8.58. The lowest BCUT2D eigenvalue weighted by Gasteiger charge is -2.17. The second-order valence-corrected chi connectivity index (χ2v) is 8.58. The highest BCUT2D eigenvalue weighted by Crippen LogP contribution is 2.30. The molecule has 4 rings (SSSR count). The van der Waals surface area contributed by atoms with Crippen LogP contribution < -0.4 is 9.64 Å². The molecule has 36 heavy (non-hydrogen) atoms. The van der Waals surface area contributed by atoms with E-state index in [2.05, 4.69) is 0 Å². The fourth-order valence-electron chi connectivity index (χ4n) is 3.83. The second kappa shape index (κ2) is 10.4. The predicted molar refractivity (Wildman–Crippen MR) is 131 cm³/mol. The molecule has 0 N–H and O–H groups in total. The largest absolute Gasteiger partial charge is 0.457 e. The minimum Gasteiger partial charge on any atom is -0.457 e. The first-order valence-electron chi connectivity index (χ1n) is 11.3. The Hall–Kier alpha value is -4.53. The number of anilines is 1. The molecule has 0 bridgehead atoms. The van der Waals surface area contributed by atoms with Gasteiger partial charge >= 0.3 is 5.97 Å². The topological polar surface area (TPSA) is 116 Å². The zero-order chi connectivity index (χ0) is 25.8. The summed E-state index contributed by atoms with van der Waals surface area (Å²) in [4.78, 5) is 49.0. The summed E-state index contributed by atoms with van der Waals surface area (Å²) >= 11 is 0. The predicted octanol–water partition coefficient (Wildman–Crippen LogP) is 4.78. The van der Waals surface area contributed by atoms with Gasteiger partial charge in [-0.25, -0.2) is 0 Å². The quantitative estimate of drug-likeness (QED) is 0.194. The number of Topliss-reactive ketones (excluding diaryl/α,β-unsaturated/α-hetero) is 1. The summed E-state index contributed by atoms with van der Waals surface area (Å²) < 4.78 is 11.0. The Morgan fingerprint density at radius 1 is 0.972 bits per heavy atom. The average Bonchev–Trinajstić information content (AvgIpc) is 3.26. The highest BCUT2D eigenvalue weighted by atomic mass is 16.6. The summed E-state index contributed by atoms with van der Waals surface area (Å²) in [6, 6.07) is 17.9. The van der Waals surface area contributed by atoms with Gasteiger partial charge in [-0.05, 0) is 73.5 Å². The van der Waals surface area contributed by atoms with Crippen LogP contribution in [0.4, 0.5) is 11.4 Å². The standard InChI is InChI=1S/C27H24N2O7/c1-17-3-10-24(13-18(17)2)36-23-11-8-21(9-12-23)28-15-20(14-26(28)31)27(32)35-16-25(30)19-4-6-22(7-5-19)29(33)34/h3-13,20H,14-16H2,1-2H3/t20-/m1/s1. The van der Waals surface area contributed by atoms with Crippen LogP contribution in [0.2, 0.25) is 0 Å². The van der Waals surface area contributed by atoms with Gasteiger partial charge in [-0.1, -0.05) is 6.07 Å². The smallest absolute Gasteiger partial charge is 0.311 e. The first-order chi connectivity index (χ1) is 17.2. The minimum absolute atomic E-state index is 0.0224. The van der Waals surface area contributed by atoms with Gasteiger partial charge in [0.25, 0.3) is 5.69 Å². The molecule has 1 fully saturated rings. The Morgan fingerprint density at radius 2 is 1.64 bits per heavy atom. The number of carbonyl (C=O) groups is 3.